The summed E-state index contributed by atoms with van der Waals surface area (Å²) in [5.41, 5.74) is 0.356. The van der Waals surface area contributed by atoms with Gasteiger partial charge >= 0.3 is 0 Å². The predicted octanol–water partition coefficient (Wildman–Crippen LogP) is 3.69. The Morgan fingerprint density at radius 3 is 2.74 bits per heavy atom. The molecule has 0 fully saturated rings. The van der Waals surface area contributed by atoms with E-state index < -0.39 is 16.6 Å². The molecule has 0 bridgehead atoms. The first-order valence-electron chi connectivity index (χ1n) is 6.47. The van der Waals surface area contributed by atoms with Gasteiger partial charge in [-0.2, -0.15) is 0 Å². The Morgan fingerprint density at radius 2 is 2.09 bits per heavy atom. The number of rotatable bonds is 5. The Kier molecular flexibility index (Phi) is 5.28. The first-order chi connectivity index (χ1) is 10.9. The Balaban J connectivity index is 2.17. The van der Waals surface area contributed by atoms with Crippen LogP contribution in [0.3, 0.4) is 0 Å². The van der Waals surface area contributed by atoms with Crippen molar-refractivity contribution in [1.82, 2.24) is 0 Å². The van der Waals surface area contributed by atoms with E-state index >= 15 is 0 Å². The molecule has 8 heteroatoms. The molecule has 2 rings (SSSR count). The summed E-state index contributed by atoms with van der Waals surface area (Å²) in [7, 11) is 1.34. The van der Waals surface area contributed by atoms with Crippen LogP contribution in [0.5, 0.6) is 5.75 Å². The average Bonchev–Trinajstić information content (AvgIpc) is 2.51. The maximum absolute atomic E-state index is 13.7. The highest BCUT2D eigenvalue weighted by atomic mass is 79.9. The van der Waals surface area contributed by atoms with E-state index in [1.54, 1.807) is 0 Å². The Morgan fingerprint density at radius 1 is 1.35 bits per heavy atom. The number of nitrogens with zero attached hydrogens (tertiary/aromatic N) is 1. The van der Waals surface area contributed by atoms with Gasteiger partial charge in [0.25, 0.3) is 5.69 Å². The number of carbonyl (C=O) groups is 1. The third-order valence-electron chi connectivity index (χ3n) is 3.03. The van der Waals surface area contributed by atoms with Gasteiger partial charge in [0, 0.05) is 10.5 Å². The summed E-state index contributed by atoms with van der Waals surface area (Å²) in [6.45, 7) is 0. The van der Waals surface area contributed by atoms with Gasteiger partial charge in [-0.15, -0.1) is 0 Å². The largest absolute Gasteiger partial charge is 0.494 e. The van der Waals surface area contributed by atoms with Crippen molar-refractivity contribution in [2.45, 2.75) is 6.42 Å². The number of carbonyl (C=O) groups excluding carboxylic acids is 1. The number of hydrogen-bond acceptors (Lipinski definition) is 4. The molecule has 0 radical (unpaired) electrons. The molecule has 6 nitrogen and oxygen atoms in total. The van der Waals surface area contributed by atoms with Crippen molar-refractivity contribution in [2.75, 3.05) is 12.4 Å². The van der Waals surface area contributed by atoms with Crippen LogP contribution < -0.4 is 10.1 Å². The topological polar surface area (TPSA) is 81.5 Å². The summed E-state index contributed by atoms with van der Waals surface area (Å²) in [6, 6.07) is 8.14. The highest BCUT2D eigenvalue weighted by molar-refractivity contribution is 9.10. The second kappa shape index (κ2) is 7.19. The number of nitro groups is 1. The first-order valence-corrected chi connectivity index (χ1v) is 7.26. The van der Waals surface area contributed by atoms with Crippen LogP contribution in [0, 0.1) is 15.9 Å². The molecule has 120 valence electrons. The minimum atomic E-state index is -0.564. The Bertz CT molecular complexity index is 767. The zero-order chi connectivity index (χ0) is 17.0. The van der Waals surface area contributed by atoms with Crippen molar-refractivity contribution in [3.05, 3.63) is 62.4 Å². The van der Waals surface area contributed by atoms with Gasteiger partial charge in [0.2, 0.25) is 5.91 Å². The standard InChI is InChI=1S/C15H12BrFN2O4/c1-23-14-8-11(19(21)22)3-5-13(14)18-15(20)7-9-6-10(16)2-4-12(9)17/h2-6,8H,7H2,1H3,(H,18,20). The van der Waals surface area contributed by atoms with Gasteiger partial charge in [-0.1, -0.05) is 15.9 Å². The van der Waals surface area contributed by atoms with E-state index in [1.807, 2.05) is 0 Å². The van der Waals surface area contributed by atoms with Crippen LogP contribution in [0.25, 0.3) is 0 Å². The van der Waals surface area contributed by atoms with E-state index in [2.05, 4.69) is 21.2 Å². The predicted molar refractivity (Wildman–Crippen MR) is 86.1 cm³/mol. The number of ether oxygens (including phenoxy) is 1. The summed E-state index contributed by atoms with van der Waals surface area (Å²) in [5, 5.41) is 13.3. The molecule has 0 aliphatic carbocycles. The molecule has 2 aromatic rings. The maximum atomic E-state index is 13.7. The fraction of sp³-hybridized carbons (Fsp3) is 0.133. The second-order valence-electron chi connectivity index (χ2n) is 4.60. The Hall–Kier alpha value is -2.48. The zero-order valence-corrected chi connectivity index (χ0v) is 13.6. The normalized spacial score (nSPS) is 10.2. The molecule has 0 saturated heterocycles. The van der Waals surface area contributed by atoms with Crippen LogP contribution in [-0.4, -0.2) is 17.9 Å². The van der Waals surface area contributed by atoms with Gasteiger partial charge in [-0.05, 0) is 29.8 Å². The van der Waals surface area contributed by atoms with Crippen LogP contribution in [0.15, 0.2) is 40.9 Å². The van der Waals surface area contributed by atoms with E-state index in [1.165, 1.54) is 43.5 Å². The van der Waals surface area contributed by atoms with Crippen LogP contribution >= 0.6 is 15.9 Å². The third kappa shape index (κ3) is 4.26. The van der Waals surface area contributed by atoms with Gasteiger partial charge < -0.3 is 10.1 Å². The third-order valence-corrected chi connectivity index (χ3v) is 3.52. The summed E-state index contributed by atoms with van der Waals surface area (Å²) in [6.07, 6.45) is -0.175. The smallest absolute Gasteiger partial charge is 0.273 e. The fourth-order valence-corrected chi connectivity index (χ4v) is 2.35. The lowest BCUT2D eigenvalue weighted by atomic mass is 10.1. The van der Waals surface area contributed by atoms with Crippen molar-refractivity contribution >= 4 is 33.2 Å². The van der Waals surface area contributed by atoms with Gasteiger partial charge in [-0.25, -0.2) is 4.39 Å². The number of amides is 1. The second-order valence-corrected chi connectivity index (χ2v) is 5.52. The number of nitrogens with one attached hydrogen (secondary N) is 1. The minimum Gasteiger partial charge on any atom is -0.494 e. The number of non-ortho nitro benzene ring substituents is 1. The average molecular weight is 383 g/mol. The molecule has 0 spiro atoms. The highest BCUT2D eigenvalue weighted by Gasteiger charge is 2.15. The fourth-order valence-electron chi connectivity index (χ4n) is 1.94. The van der Waals surface area contributed by atoms with Crippen LogP contribution in [0.1, 0.15) is 5.56 Å². The van der Waals surface area contributed by atoms with E-state index in [0.717, 1.165) is 0 Å². The first kappa shape index (κ1) is 16.9. The van der Waals surface area contributed by atoms with Gasteiger partial charge in [0.15, 0.2) is 0 Å². The lowest BCUT2D eigenvalue weighted by molar-refractivity contribution is -0.384. The number of anilines is 1. The van der Waals surface area contributed by atoms with Gasteiger partial charge in [0.05, 0.1) is 30.2 Å². The number of halogens is 2. The molecule has 1 amide bonds. The minimum absolute atomic E-state index is 0.155. The number of nitro benzene ring substituents is 1. The molecule has 0 atom stereocenters. The molecular weight excluding hydrogens is 371 g/mol. The van der Waals surface area contributed by atoms with Crippen molar-refractivity contribution in [3.8, 4) is 5.75 Å². The van der Waals surface area contributed by atoms with Crippen LogP contribution in [0.2, 0.25) is 0 Å². The van der Waals surface area contributed by atoms with Crippen molar-refractivity contribution in [3.63, 3.8) is 0 Å². The van der Waals surface area contributed by atoms with Gasteiger partial charge in [-0.3, -0.25) is 14.9 Å². The molecule has 0 heterocycles. The van der Waals surface area contributed by atoms with E-state index in [0.29, 0.717) is 4.47 Å². The van der Waals surface area contributed by atoms with E-state index in [9.17, 15) is 19.3 Å². The molecule has 1 N–H and O–H groups in total. The van der Waals surface area contributed by atoms with E-state index in [4.69, 9.17) is 4.74 Å². The lowest BCUT2D eigenvalue weighted by Crippen LogP contribution is -2.16. The molecule has 23 heavy (non-hydrogen) atoms. The number of methoxy groups -OCH3 is 1. The van der Waals surface area contributed by atoms with Gasteiger partial charge in [0.1, 0.15) is 11.6 Å². The summed E-state index contributed by atoms with van der Waals surface area (Å²) < 4.78 is 19.3. The Labute approximate surface area is 139 Å². The molecule has 0 aromatic heterocycles. The van der Waals surface area contributed by atoms with Crippen LogP contribution in [-0.2, 0) is 11.2 Å². The van der Waals surface area contributed by atoms with Crippen molar-refractivity contribution in [2.24, 2.45) is 0 Å². The highest BCUT2D eigenvalue weighted by Crippen LogP contribution is 2.29. The quantitative estimate of drug-likeness (QED) is 0.631. The molecule has 0 saturated carbocycles. The molecule has 0 aliphatic rings. The summed E-state index contributed by atoms with van der Waals surface area (Å²) >= 11 is 3.22. The van der Waals surface area contributed by atoms with E-state index in [-0.39, 0.29) is 29.1 Å². The summed E-state index contributed by atoms with van der Waals surface area (Å²) in [5.74, 6) is -0.796. The molecule has 2 aromatic carbocycles. The van der Waals surface area contributed by atoms with Crippen molar-refractivity contribution in [1.29, 1.82) is 0 Å². The molecule has 0 unspecified atom stereocenters. The number of hydrogen-bond donors (Lipinski definition) is 1. The van der Waals surface area contributed by atoms with Crippen molar-refractivity contribution < 1.29 is 18.8 Å². The lowest BCUT2D eigenvalue weighted by Gasteiger charge is -2.10. The molecular formula is C15H12BrFN2O4. The molecule has 0 aliphatic heterocycles. The SMILES string of the molecule is COc1cc([N+](=O)[O-])ccc1NC(=O)Cc1cc(Br)ccc1F. The zero-order valence-electron chi connectivity index (χ0n) is 12.0. The summed E-state index contributed by atoms with van der Waals surface area (Å²) in [4.78, 5) is 22.2. The maximum Gasteiger partial charge on any atom is 0.273 e. The monoisotopic (exact) mass is 382 g/mol. The van der Waals surface area contributed by atoms with Crippen LogP contribution in [0.4, 0.5) is 15.8 Å². The number of benzene rings is 2.